The summed E-state index contributed by atoms with van der Waals surface area (Å²) in [6, 6.07) is 16.7. The Hall–Kier alpha value is -2.40. The molecule has 1 aliphatic rings. The molecule has 0 spiro atoms. The van der Waals surface area contributed by atoms with E-state index in [2.05, 4.69) is 21.7 Å². The van der Waals surface area contributed by atoms with Gasteiger partial charge >= 0.3 is 0 Å². The van der Waals surface area contributed by atoms with Crippen LogP contribution in [0.25, 0.3) is 0 Å². The second kappa shape index (κ2) is 11.8. The molecule has 0 radical (unpaired) electrons. The number of hydrogen-bond donors (Lipinski definition) is 3. The van der Waals surface area contributed by atoms with Crippen molar-refractivity contribution in [3.8, 4) is 0 Å². The SMILES string of the molecule is C[C@@H](CC1CCCCC1)NCc1ccccc1NS(=O)(=O)c1ccccc1NS(=O)(=O)c1cccs1. The number of anilines is 2. The molecule has 3 N–H and O–H groups in total. The lowest BCUT2D eigenvalue weighted by atomic mass is 9.85. The van der Waals surface area contributed by atoms with Crippen LogP contribution in [-0.2, 0) is 26.6 Å². The molecule has 36 heavy (non-hydrogen) atoms. The van der Waals surface area contributed by atoms with Crippen molar-refractivity contribution in [2.75, 3.05) is 9.44 Å². The third-order valence-corrected chi connectivity index (χ3v) is 10.7. The number of para-hydroxylation sites is 2. The van der Waals surface area contributed by atoms with Crippen LogP contribution in [0.1, 0.15) is 51.0 Å². The second-order valence-electron chi connectivity index (χ2n) is 9.32. The van der Waals surface area contributed by atoms with Crippen molar-refractivity contribution in [2.45, 2.75) is 67.1 Å². The van der Waals surface area contributed by atoms with Gasteiger partial charge in [0.05, 0.1) is 11.4 Å². The van der Waals surface area contributed by atoms with Crippen molar-refractivity contribution in [3.05, 3.63) is 71.6 Å². The van der Waals surface area contributed by atoms with Crippen molar-refractivity contribution in [3.63, 3.8) is 0 Å². The third kappa shape index (κ3) is 6.88. The molecule has 10 heteroatoms. The summed E-state index contributed by atoms with van der Waals surface area (Å²) in [6.45, 7) is 2.70. The minimum absolute atomic E-state index is 0.00453. The first kappa shape index (κ1) is 26.7. The number of thiophene rings is 1. The first-order valence-corrected chi connectivity index (χ1v) is 16.1. The Kier molecular flexibility index (Phi) is 8.71. The Balaban J connectivity index is 1.48. The molecule has 194 valence electrons. The van der Waals surface area contributed by atoms with Crippen LogP contribution in [0.5, 0.6) is 0 Å². The molecule has 0 amide bonds. The maximum atomic E-state index is 13.4. The van der Waals surface area contributed by atoms with Crippen LogP contribution in [0.2, 0.25) is 0 Å². The Labute approximate surface area is 218 Å². The maximum Gasteiger partial charge on any atom is 0.271 e. The molecule has 2 aromatic carbocycles. The molecule has 0 saturated heterocycles. The van der Waals surface area contributed by atoms with Crippen LogP contribution in [0.4, 0.5) is 11.4 Å². The fraction of sp³-hybridized carbons (Fsp3) is 0.385. The first-order chi connectivity index (χ1) is 17.2. The van der Waals surface area contributed by atoms with E-state index in [1.165, 1.54) is 50.3 Å². The highest BCUT2D eigenvalue weighted by atomic mass is 32.2. The van der Waals surface area contributed by atoms with Crippen molar-refractivity contribution in [1.29, 1.82) is 0 Å². The van der Waals surface area contributed by atoms with Crippen molar-refractivity contribution < 1.29 is 16.8 Å². The average Bonchev–Trinajstić information content (AvgIpc) is 3.40. The molecule has 1 atom stereocenters. The van der Waals surface area contributed by atoms with Gasteiger partial charge in [0.2, 0.25) is 0 Å². The minimum atomic E-state index is -4.07. The minimum Gasteiger partial charge on any atom is -0.310 e. The zero-order chi connectivity index (χ0) is 25.6. The predicted molar refractivity (Wildman–Crippen MR) is 146 cm³/mol. The van der Waals surface area contributed by atoms with Crippen molar-refractivity contribution in [2.24, 2.45) is 5.92 Å². The van der Waals surface area contributed by atoms with Crippen LogP contribution in [0, 0.1) is 5.92 Å². The van der Waals surface area contributed by atoms with E-state index in [9.17, 15) is 16.8 Å². The molecule has 1 heterocycles. The van der Waals surface area contributed by atoms with Crippen LogP contribution < -0.4 is 14.8 Å². The molecular formula is C26H33N3O4S3. The zero-order valence-corrected chi connectivity index (χ0v) is 22.8. The van der Waals surface area contributed by atoms with Gasteiger partial charge in [0, 0.05) is 12.6 Å². The predicted octanol–water partition coefficient (Wildman–Crippen LogP) is 5.80. The van der Waals surface area contributed by atoms with Gasteiger partial charge in [0.1, 0.15) is 9.10 Å². The quantitative estimate of drug-likeness (QED) is 0.282. The Morgan fingerprint density at radius 1 is 0.833 bits per heavy atom. The monoisotopic (exact) mass is 547 g/mol. The normalized spacial score (nSPS) is 15.9. The highest BCUT2D eigenvalue weighted by Crippen LogP contribution is 2.29. The molecule has 0 bridgehead atoms. The molecule has 1 aromatic heterocycles. The van der Waals surface area contributed by atoms with Gasteiger partial charge in [0.25, 0.3) is 20.0 Å². The van der Waals surface area contributed by atoms with E-state index in [-0.39, 0.29) is 14.8 Å². The Bertz CT molecular complexity index is 1350. The second-order valence-corrected chi connectivity index (χ2v) is 13.8. The molecule has 7 nitrogen and oxygen atoms in total. The summed E-state index contributed by atoms with van der Waals surface area (Å²) in [5.74, 6) is 0.754. The van der Waals surface area contributed by atoms with E-state index in [4.69, 9.17) is 0 Å². The highest BCUT2D eigenvalue weighted by Gasteiger charge is 2.24. The lowest BCUT2D eigenvalue weighted by Crippen LogP contribution is -2.29. The van der Waals surface area contributed by atoms with E-state index >= 15 is 0 Å². The number of nitrogens with one attached hydrogen (secondary N) is 3. The average molecular weight is 548 g/mol. The standard InChI is InChI=1S/C26H33N3O4S3/c1-20(18-21-10-3-2-4-11-21)27-19-22-12-5-6-13-23(22)28-35(30,31)25-15-8-7-14-24(25)29-36(32,33)26-16-9-17-34-26/h5-9,12-17,20-21,27-29H,2-4,10-11,18-19H2,1H3/t20-/m0/s1. The fourth-order valence-corrected chi connectivity index (χ4v) is 8.06. The lowest BCUT2D eigenvalue weighted by molar-refractivity contribution is 0.305. The van der Waals surface area contributed by atoms with E-state index in [0.717, 1.165) is 29.2 Å². The van der Waals surface area contributed by atoms with Crippen LogP contribution in [0.15, 0.2) is 75.1 Å². The van der Waals surface area contributed by atoms with E-state index < -0.39 is 20.0 Å². The summed E-state index contributed by atoms with van der Waals surface area (Å²) in [6.07, 6.45) is 7.66. The van der Waals surface area contributed by atoms with Crippen LogP contribution in [0.3, 0.4) is 0 Å². The third-order valence-electron chi connectivity index (χ3n) is 6.50. The Morgan fingerprint density at radius 3 is 2.22 bits per heavy atom. The van der Waals surface area contributed by atoms with Gasteiger partial charge in [-0.1, -0.05) is 68.5 Å². The van der Waals surface area contributed by atoms with E-state index in [1.807, 2.05) is 12.1 Å². The van der Waals surface area contributed by atoms with Crippen LogP contribution in [-0.4, -0.2) is 22.9 Å². The number of sulfonamides is 2. The van der Waals surface area contributed by atoms with Gasteiger partial charge in [-0.2, -0.15) is 0 Å². The summed E-state index contributed by atoms with van der Waals surface area (Å²) >= 11 is 1.06. The topological polar surface area (TPSA) is 104 Å². The molecule has 1 saturated carbocycles. The van der Waals surface area contributed by atoms with Crippen molar-refractivity contribution in [1.82, 2.24) is 5.32 Å². The molecule has 0 aliphatic heterocycles. The molecule has 1 fully saturated rings. The van der Waals surface area contributed by atoms with Gasteiger partial charge in [-0.05, 0) is 54.5 Å². The number of benzene rings is 2. The largest absolute Gasteiger partial charge is 0.310 e. The summed E-state index contributed by atoms with van der Waals surface area (Å²) < 4.78 is 57.4. The molecule has 4 rings (SSSR count). The van der Waals surface area contributed by atoms with Gasteiger partial charge in [-0.15, -0.1) is 11.3 Å². The van der Waals surface area contributed by atoms with Gasteiger partial charge in [0.15, 0.2) is 0 Å². The first-order valence-electron chi connectivity index (χ1n) is 12.2. The lowest BCUT2D eigenvalue weighted by Gasteiger charge is -2.25. The maximum absolute atomic E-state index is 13.4. The molecule has 1 aliphatic carbocycles. The molecule has 0 unspecified atom stereocenters. The fourth-order valence-electron chi connectivity index (χ4n) is 4.66. The van der Waals surface area contributed by atoms with Gasteiger partial charge in [-0.25, -0.2) is 16.8 Å². The number of hydrogen-bond acceptors (Lipinski definition) is 6. The zero-order valence-electron chi connectivity index (χ0n) is 20.3. The van der Waals surface area contributed by atoms with Crippen molar-refractivity contribution >= 4 is 42.8 Å². The molecular weight excluding hydrogens is 515 g/mol. The summed E-state index contributed by atoms with van der Waals surface area (Å²) in [7, 11) is -7.97. The summed E-state index contributed by atoms with van der Waals surface area (Å²) in [5.41, 5.74) is 1.29. The van der Waals surface area contributed by atoms with Gasteiger partial charge in [-0.3, -0.25) is 9.44 Å². The number of rotatable bonds is 11. The summed E-state index contributed by atoms with van der Waals surface area (Å²) in [4.78, 5) is -0.140. The summed E-state index contributed by atoms with van der Waals surface area (Å²) in [5, 5.41) is 5.20. The Morgan fingerprint density at radius 2 is 1.50 bits per heavy atom. The van der Waals surface area contributed by atoms with Gasteiger partial charge < -0.3 is 5.32 Å². The molecule has 3 aromatic rings. The highest BCUT2D eigenvalue weighted by molar-refractivity contribution is 7.95. The van der Waals surface area contributed by atoms with E-state index in [0.29, 0.717) is 18.3 Å². The smallest absolute Gasteiger partial charge is 0.271 e. The van der Waals surface area contributed by atoms with E-state index in [1.54, 1.807) is 35.7 Å². The van der Waals surface area contributed by atoms with Crippen LogP contribution >= 0.6 is 11.3 Å².